The van der Waals surface area contributed by atoms with E-state index in [9.17, 15) is 4.79 Å². The molecule has 0 fully saturated rings. The van der Waals surface area contributed by atoms with Crippen molar-refractivity contribution in [2.75, 3.05) is 5.32 Å². The summed E-state index contributed by atoms with van der Waals surface area (Å²) in [6, 6.07) is 13.1. The van der Waals surface area contributed by atoms with Crippen LogP contribution in [0.2, 0.25) is 0 Å². The first-order valence-electron chi connectivity index (χ1n) is 7.38. The van der Waals surface area contributed by atoms with Gasteiger partial charge in [-0.15, -0.1) is 11.3 Å². The highest BCUT2D eigenvalue weighted by Crippen LogP contribution is 2.37. The predicted octanol–water partition coefficient (Wildman–Crippen LogP) is 3.92. The number of nitrogens with one attached hydrogen (secondary N) is 1. The van der Waals surface area contributed by atoms with Crippen molar-refractivity contribution in [1.82, 2.24) is 14.8 Å². The van der Waals surface area contributed by atoms with Gasteiger partial charge in [0.2, 0.25) is 0 Å². The number of pyridine rings is 1. The van der Waals surface area contributed by atoms with Gasteiger partial charge in [-0.05, 0) is 31.2 Å². The van der Waals surface area contributed by atoms with E-state index >= 15 is 0 Å². The summed E-state index contributed by atoms with van der Waals surface area (Å²) in [5.74, 6) is 0.442. The normalized spacial score (nSPS) is 11.2. The van der Waals surface area contributed by atoms with Crippen LogP contribution in [0.4, 0.5) is 5.82 Å². The molecule has 0 bridgehead atoms. The lowest BCUT2D eigenvalue weighted by molar-refractivity contribution is 0.102. The van der Waals surface area contributed by atoms with Gasteiger partial charge in [0.15, 0.2) is 5.82 Å². The Labute approximate surface area is 136 Å². The van der Waals surface area contributed by atoms with Gasteiger partial charge in [0.05, 0.1) is 10.2 Å². The van der Waals surface area contributed by atoms with Crippen molar-refractivity contribution in [2.24, 2.45) is 0 Å². The summed E-state index contributed by atoms with van der Waals surface area (Å²) in [5.41, 5.74) is 1.65. The molecule has 3 aromatic heterocycles. The summed E-state index contributed by atoms with van der Waals surface area (Å²) in [5, 5.41) is 8.55. The maximum atomic E-state index is 12.4. The Morgan fingerprint density at radius 3 is 2.83 bits per heavy atom. The van der Waals surface area contributed by atoms with Crippen molar-refractivity contribution in [3.8, 4) is 0 Å². The number of rotatable bonds is 3. The van der Waals surface area contributed by atoms with E-state index in [0.29, 0.717) is 11.4 Å². The molecule has 114 valence electrons. The van der Waals surface area contributed by atoms with Gasteiger partial charge in [-0.1, -0.05) is 18.2 Å². The van der Waals surface area contributed by atoms with E-state index in [0.717, 1.165) is 27.0 Å². The topological polar surface area (TPSA) is 59.8 Å². The Morgan fingerprint density at radius 2 is 2.04 bits per heavy atom. The maximum absolute atomic E-state index is 12.4. The van der Waals surface area contributed by atoms with Crippen LogP contribution < -0.4 is 5.32 Å². The molecule has 0 aliphatic carbocycles. The van der Waals surface area contributed by atoms with E-state index in [4.69, 9.17) is 0 Å². The van der Waals surface area contributed by atoms with Gasteiger partial charge in [0.25, 0.3) is 5.91 Å². The summed E-state index contributed by atoms with van der Waals surface area (Å²) >= 11 is 1.55. The van der Waals surface area contributed by atoms with Crippen molar-refractivity contribution in [3.05, 3.63) is 54.2 Å². The fraction of sp³-hybridized carbons (Fsp3) is 0.118. The molecule has 6 heteroatoms. The third-order valence-corrected chi connectivity index (χ3v) is 4.81. The van der Waals surface area contributed by atoms with Crippen LogP contribution in [0.25, 0.3) is 20.4 Å². The fourth-order valence-corrected chi connectivity index (χ4v) is 3.71. The molecule has 0 aliphatic heterocycles. The van der Waals surface area contributed by atoms with Crippen LogP contribution >= 0.6 is 11.3 Å². The number of hydrogen-bond acceptors (Lipinski definition) is 4. The first-order chi connectivity index (χ1) is 11.3. The Kier molecular flexibility index (Phi) is 3.31. The van der Waals surface area contributed by atoms with Crippen LogP contribution in [-0.2, 0) is 6.54 Å². The highest BCUT2D eigenvalue weighted by molar-refractivity contribution is 7.26. The number of hydrogen-bond donors (Lipinski definition) is 1. The monoisotopic (exact) mass is 322 g/mol. The number of fused-ring (bicyclic) bond motifs is 3. The minimum Gasteiger partial charge on any atom is -0.304 e. The van der Waals surface area contributed by atoms with Crippen LogP contribution in [0.3, 0.4) is 0 Å². The molecule has 0 radical (unpaired) electrons. The third kappa shape index (κ3) is 2.27. The number of benzene rings is 1. The zero-order valence-electron chi connectivity index (χ0n) is 12.5. The zero-order valence-corrected chi connectivity index (χ0v) is 13.3. The number of nitrogens with zero attached hydrogens (tertiary/aromatic N) is 3. The number of aromatic nitrogens is 3. The summed E-state index contributed by atoms with van der Waals surface area (Å²) in [4.78, 5) is 17.8. The van der Waals surface area contributed by atoms with E-state index in [-0.39, 0.29) is 5.91 Å². The molecule has 5 nitrogen and oxygen atoms in total. The Morgan fingerprint density at radius 1 is 1.22 bits per heavy atom. The van der Waals surface area contributed by atoms with E-state index < -0.39 is 0 Å². The number of anilines is 1. The van der Waals surface area contributed by atoms with E-state index in [2.05, 4.69) is 15.4 Å². The zero-order chi connectivity index (χ0) is 15.8. The van der Waals surface area contributed by atoms with E-state index in [1.54, 1.807) is 29.7 Å². The molecule has 4 aromatic rings. The van der Waals surface area contributed by atoms with Crippen LogP contribution in [0.1, 0.15) is 17.3 Å². The largest absolute Gasteiger partial charge is 0.304 e. The molecular weight excluding hydrogens is 308 g/mol. The number of amides is 1. The fourth-order valence-electron chi connectivity index (χ4n) is 2.63. The van der Waals surface area contributed by atoms with Gasteiger partial charge in [0.1, 0.15) is 4.83 Å². The quantitative estimate of drug-likeness (QED) is 0.622. The number of aryl methyl sites for hydroxylation is 1. The third-order valence-electron chi connectivity index (χ3n) is 3.70. The second-order valence-electron chi connectivity index (χ2n) is 5.12. The maximum Gasteiger partial charge on any atom is 0.256 e. The van der Waals surface area contributed by atoms with Crippen molar-refractivity contribution in [3.63, 3.8) is 0 Å². The van der Waals surface area contributed by atoms with Crippen LogP contribution in [0.15, 0.2) is 48.7 Å². The standard InChI is InChI=1S/C17H14N4OS/c1-2-21-13-12-9-6-10-18-17(12)23-14(13)15(20-21)19-16(22)11-7-4-3-5-8-11/h3-10H,2H2,1H3,(H,19,20,22). The lowest BCUT2D eigenvalue weighted by Crippen LogP contribution is -2.12. The van der Waals surface area contributed by atoms with Crippen molar-refractivity contribution in [2.45, 2.75) is 13.5 Å². The lowest BCUT2D eigenvalue weighted by Gasteiger charge is -2.02. The Balaban J connectivity index is 1.83. The van der Waals surface area contributed by atoms with Gasteiger partial charge >= 0.3 is 0 Å². The highest BCUT2D eigenvalue weighted by Gasteiger charge is 2.18. The molecule has 23 heavy (non-hydrogen) atoms. The minimum absolute atomic E-state index is 0.154. The van der Waals surface area contributed by atoms with Crippen molar-refractivity contribution >= 4 is 43.5 Å². The van der Waals surface area contributed by atoms with Crippen molar-refractivity contribution < 1.29 is 4.79 Å². The number of thiophene rings is 1. The van der Waals surface area contributed by atoms with Gasteiger partial charge in [-0.3, -0.25) is 9.48 Å². The van der Waals surface area contributed by atoms with Crippen LogP contribution in [0.5, 0.6) is 0 Å². The molecule has 0 saturated heterocycles. The molecule has 0 saturated carbocycles. The number of carbonyl (C=O) groups excluding carboxylic acids is 1. The molecule has 3 heterocycles. The number of carbonyl (C=O) groups is 1. The molecular formula is C17H14N4OS. The van der Waals surface area contributed by atoms with Crippen LogP contribution in [0, 0.1) is 0 Å². The molecule has 0 aliphatic rings. The second-order valence-corrected chi connectivity index (χ2v) is 6.12. The molecule has 1 N–H and O–H groups in total. The van der Waals surface area contributed by atoms with E-state index in [1.165, 1.54) is 0 Å². The molecule has 0 unspecified atom stereocenters. The Bertz CT molecular complexity index is 1000. The summed E-state index contributed by atoms with van der Waals surface area (Å²) in [6.07, 6.45) is 1.78. The predicted molar refractivity (Wildman–Crippen MR) is 93.0 cm³/mol. The summed E-state index contributed by atoms with van der Waals surface area (Å²) in [6.45, 7) is 2.77. The smallest absolute Gasteiger partial charge is 0.256 e. The first kappa shape index (κ1) is 13.9. The molecule has 1 aromatic carbocycles. The summed E-state index contributed by atoms with van der Waals surface area (Å²) < 4.78 is 2.88. The van der Waals surface area contributed by atoms with Gasteiger partial charge in [-0.2, -0.15) is 5.10 Å². The SMILES string of the molecule is CCn1nc(NC(=O)c2ccccc2)c2sc3ncccc3c21. The molecule has 1 amide bonds. The van der Waals surface area contributed by atoms with Gasteiger partial charge in [-0.25, -0.2) is 4.98 Å². The Hall–Kier alpha value is -2.73. The molecule has 0 spiro atoms. The molecule has 4 rings (SSSR count). The van der Waals surface area contributed by atoms with Gasteiger partial charge < -0.3 is 5.32 Å². The van der Waals surface area contributed by atoms with E-state index in [1.807, 2.05) is 41.9 Å². The van der Waals surface area contributed by atoms with Crippen LogP contribution in [-0.4, -0.2) is 20.7 Å². The highest BCUT2D eigenvalue weighted by atomic mass is 32.1. The van der Waals surface area contributed by atoms with Gasteiger partial charge in [0, 0.05) is 23.7 Å². The summed E-state index contributed by atoms with van der Waals surface area (Å²) in [7, 11) is 0. The average Bonchev–Trinajstić information content (AvgIpc) is 3.13. The second kappa shape index (κ2) is 5.48. The minimum atomic E-state index is -0.154. The average molecular weight is 322 g/mol. The van der Waals surface area contributed by atoms with Crippen molar-refractivity contribution in [1.29, 1.82) is 0 Å². The lowest BCUT2D eigenvalue weighted by atomic mass is 10.2. The first-order valence-corrected chi connectivity index (χ1v) is 8.20. The molecule has 0 atom stereocenters.